The quantitative estimate of drug-likeness (QED) is 0.814. The molecular weight excluding hydrogens is 258 g/mol. The number of aliphatic carboxylic acids is 1. The summed E-state index contributed by atoms with van der Waals surface area (Å²) in [5.41, 5.74) is 0.279. The Morgan fingerprint density at radius 2 is 1.83 bits per heavy atom. The minimum absolute atomic E-state index is 0.279. The average Bonchev–Trinajstić information content (AvgIpc) is 2.66. The van der Waals surface area contributed by atoms with Gasteiger partial charge in [-0.05, 0) is 12.1 Å². The van der Waals surface area contributed by atoms with Gasteiger partial charge in [0.05, 0.1) is 5.75 Å². The third kappa shape index (κ3) is 2.35. The zero-order valence-electron chi connectivity index (χ0n) is 9.31. The number of hydrogen-bond acceptors (Lipinski definition) is 4. The molecule has 1 heterocycles. The van der Waals surface area contributed by atoms with E-state index in [-0.39, 0.29) is 5.56 Å². The predicted octanol–water partition coefficient (Wildman–Crippen LogP) is -0.0321. The molecule has 1 aromatic rings. The normalized spacial score (nSPS) is 21.8. The van der Waals surface area contributed by atoms with Gasteiger partial charge in [-0.25, -0.2) is 13.2 Å². The van der Waals surface area contributed by atoms with Gasteiger partial charge < -0.3 is 10.0 Å². The van der Waals surface area contributed by atoms with Crippen LogP contribution in [0, 0.1) is 0 Å². The first-order chi connectivity index (χ1) is 8.41. The Labute approximate surface area is 104 Å². The van der Waals surface area contributed by atoms with Crippen molar-refractivity contribution in [1.29, 1.82) is 0 Å². The fourth-order valence-corrected chi connectivity index (χ4v) is 3.47. The van der Waals surface area contributed by atoms with Crippen molar-refractivity contribution < 1.29 is 23.1 Å². The average molecular weight is 269 g/mol. The Balaban J connectivity index is 2.32. The maximum Gasteiger partial charge on any atom is 0.327 e. The maximum absolute atomic E-state index is 12.0. The Hall–Kier alpha value is -1.89. The van der Waals surface area contributed by atoms with E-state index in [1.807, 2.05) is 0 Å². The summed E-state index contributed by atoms with van der Waals surface area (Å²) in [5, 5.41) is 8.95. The third-order valence-corrected chi connectivity index (χ3v) is 4.19. The fourth-order valence-electron chi connectivity index (χ4n) is 1.84. The van der Waals surface area contributed by atoms with E-state index in [1.165, 1.54) is 12.1 Å². The number of benzene rings is 1. The summed E-state index contributed by atoms with van der Waals surface area (Å²) in [6.45, 7) is 0. The van der Waals surface area contributed by atoms with Gasteiger partial charge in [-0.15, -0.1) is 0 Å². The van der Waals surface area contributed by atoms with Crippen LogP contribution >= 0.6 is 0 Å². The second kappa shape index (κ2) is 4.41. The van der Waals surface area contributed by atoms with Gasteiger partial charge >= 0.3 is 5.97 Å². The van der Waals surface area contributed by atoms with Crippen LogP contribution in [0.15, 0.2) is 30.3 Å². The molecule has 0 saturated carbocycles. The molecule has 6 nitrogen and oxygen atoms in total. The van der Waals surface area contributed by atoms with E-state index >= 15 is 0 Å². The lowest BCUT2D eigenvalue weighted by Crippen LogP contribution is -2.41. The van der Waals surface area contributed by atoms with Gasteiger partial charge in [-0.3, -0.25) is 4.79 Å². The topological polar surface area (TPSA) is 91.8 Å². The van der Waals surface area contributed by atoms with Crippen LogP contribution in [-0.4, -0.2) is 48.0 Å². The number of sulfone groups is 1. The molecule has 1 aliphatic rings. The van der Waals surface area contributed by atoms with E-state index in [2.05, 4.69) is 0 Å². The standard InChI is InChI=1S/C11H11NO5S/c13-10(8-4-2-1-3-5-8)12-7-18(16,17)6-9(12)11(14)15/h1-5,9H,6-7H2,(H,14,15)/t9-/m1/s1. The van der Waals surface area contributed by atoms with Gasteiger partial charge in [0.15, 0.2) is 9.84 Å². The molecule has 0 aliphatic carbocycles. The highest BCUT2D eigenvalue weighted by Crippen LogP contribution is 2.19. The van der Waals surface area contributed by atoms with Gasteiger partial charge in [-0.2, -0.15) is 0 Å². The van der Waals surface area contributed by atoms with Crippen LogP contribution in [-0.2, 0) is 14.6 Å². The summed E-state index contributed by atoms with van der Waals surface area (Å²) < 4.78 is 22.9. The highest BCUT2D eigenvalue weighted by Gasteiger charge is 2.42. The number of hydrogen-bond donors (Lipinski definition) is 1. The summed E-state index contributed by atoms with van der Waals surface area (Å²) in [5.74, 6) is -2.96. The highest BCUT2D eigenvalue weighted by atomic mass is 32.2. The molecule has 1 atom stereocenters. The maximum atomic E-state index is 12.0. The van der Waals surface area contributed by atoms with Crippen molar-refractivity contribution in [1.82, 2.24) is 4.90 Å². The van der Waals surface area contributed by atoms with E-state index in [4.69, 9.17) is 5.11 Å². The Morgan fingerprint density at radius 1 is 1.22 bits per heavy atom. The van der Waals surface area contributed by atoms with Crippen LogP contribution < -0.4 is 0 Å². The van der Waals surface area contributed by atoms with Gasteiger partial charge in [0.1, 0.15) is 11.9 Å². The number of rotatable bonds is 2. The SMILES string of the molecule is O=C(O)[C@H]1CS(=O)(=O)CN1C(=O)c1ccccc1. The lowest BCUT2D eigenvalue weighted by Gasteiger charge is -2.19. The minimum Gasteiger partial charge on any atom is -0.480 e. The first-order valence-corrected chi connectivity index (χ1v) is 7.02. The van der Waals surface area contributed by atoms with Crippen molar-refractivity contribution in [2.24, 2.45) is 0 Å². The Kier molecular flexibility index (Phi) is 3.08. The molecule has 18 heavy (non-hydrogen) atoms. The number of carbonyl (C=O) groups excluding carboxylic acids is 1. The second-order valence-electron chi connectivity index (χ2n) is 4.03. The minimum atomic E-state index is -3.52. The van der Waals surface area contributed by atoms with Crippen LogP contribution in [0.2, 0.25) is 0 Å². The number of carboxylic acids is 1. The van der Waals surface area contributed by atoms with E-state index in [9.17, 15) is 18.0 Å². The predicted molar refractivity (Wildman–Crippen MR) is 62.7 cm³/mol. The molecule has 1 saturated heterocycles. The van der Waals surface area contributed by atoms with Crippen LogP contribution in [0.4, 0.5) is 0 Å². The number of carboxylic acid groups (broad SMARTS) is 1. The molecule has 7 heteroatoms. The van der Waals surface area contributed by atoms with E-state index in [0.29, 0.717) is 0 Å². The number of nitrogens with zero attached hydrogens (tertiary/aromatic N) is 1. The van der Waals surface area contributed by atoms with Crippen LogP contribution in [0.5, 0.6) is 0 Å². The fraction of sp³-hybridized carbons (Fsp3) is 0.273. The van der Waals surface area contributed by atoms with Gasteiger partial charge in [0.25, 0.3) is 5.91 Å². The lowest BCUT2D eigenvalue weighted by molar-refractivity contribution is -0.140. The monoisotopic (exact) mass is 269 g/mol. The zero-order valence-corrected chi connectivity index (χ0v) is 10.1. The Morgan fingerprint density at radius 3 is 2.39 bits per heavy atom. The zero-order chi connectivity index (χ0) is 13.3. The lowest BCUT2D eigenvalue weighted by atomic mass is 10.2. The van der Waals surface area contributed by atoms with Crippen molar-refractivity contribution in [2.45, 2.75) is 6.04 Å². The molecule has 1 aliphatic heterocycles. The summed E-state index contributed by atoms with van der Waals surface area (Å²) in [6, 6.07) is 6.72. The molecule has 0 spiro atoms. The van der Waals surface area contributed by atoms with Gasteiger partial charge in [-0.1, -0.05) is 18.2 Å². The van der Waals surface area contributed by atoms with Gasteiger partial charge in [0.2, 0.25) is 0 Å². The first-order valence-electron chi connectivity index (χ1n) is 5.20. The van der Waals surface area contributed by atoms with E-state index < -0.39 is 39.4 Å². The molecule has 2 rings (SSSR count). The molecule has 1 N–H and O–H groups in total. The smallest absolute Gasteiger partial charge is 0.327 e. The molecule has 1 amide bonds. The van der Waals surface area contributed by atoms with Crippen LogP contribution in [0.1, 0.15) is 10.4 Å². The summed E-state index contributed by atoms with van der Waals surface area (Å²) in [4.78, 5) is 23.9. The Bertz CT molecular complexity index is 581. The van der Waals surface area contributed by atoms with Crippen molar-refractivity contribution >= 4 is 21.7 Å². The van der Waals surface area contributed by atoms with E-state index in [1.54, 1.807) is 18.2 Å². The molecule has 96 valence electrons. The van der Waals surface area contributed by atoms with Gasteiger partial charge in [0, 0.05) is 5.56 Å². The van der Waals surface area contributed by atoms with E-state index in [0.717, 1.165) is 4.90 Å². The largest absolute Gasteiger partial charge is 0.480 e. The summed E-state index contributed by atoms with van der Waals surface area (Å²) in [7, 11) is -3.52. The molecule has 0 bridgehead atoms. The summed E-state index contributed by atoms with van der Waals surface area (Å²) in [6.07, 6.45) is 0. The van der Waals surface area contributed by atoms with Crippen molar-refractivity contribution in [3.63, 3.8) is 0 Å². The highest BCUT2D eigenvalue weighted by molar-refractivity contribution is 7.91. The van der Waals surface area contributed by atoms with Crippen molar-refractivity contribution in [2.75, 3.05) is 11.6 Å². The molecule has 0 aromatic heterocycles. The molecular formula is C11H11NO5S. The molecule has 1 fully saturated rings. The van der Waals surface area contributed by atoms with Crippen LogP contribution in [0.3, 0.4) is 0 Å². The third-order valence-electron chi connectivity index (χ3n) is 2.69. The number of carbonyl (C=O) groups is 2. The molecule has 0 radical (unpaired) electrons. The van der Waals surface area contributed by atoms with Crippen molar-refractivity contribution in [3.05, 3.63) is 35.9 Å². The summed E-state index contributed by atoms with van der Waals surface area (Å²) >= 11 is 0. The first kappa shape index (κ1) is 12.6. The van der Waals surface area contributed by atoms with Crippen LogP contribution in [0.25, 0.3) is 0 Å². The second-order valence-corrected chi connectivity index (χ2v) is 6.11. The molecule has 1 aromatic carbocycles. The molecule has 0 unspecified atom stereocenters. The number of amides is 1. The van der Waals surface area contributed by atoms with Crippen molar-refractivity contribution in [3.8, 4) is 0 Å².